The fourth-order valence-electron chi connectivity index (χ4n) is 2.98. The van der Waals surface area contributed by atoms with Crippen LogP contribution in [-0.2, 0) is 0 Å². The number of benzene rings is 1. The molecule has 2 N–H and O–H groups in total. The standard InChI is InChI=1S/C23H25N7O2.ClH/c1-15-9-18(31-8-7-30(3)4)12-26-23(15)32-17-5-6-20-19(10-17)22(28-14-27-20)29-21-13-24-16(2)11-25-21;/h5-6,9-14H,7-8H2,1-4H3,(H,25,27,28,29);1H. The van der Waals surface area contributed by atoms with Gasteiger partial charge >= 0.3 is 0 Å². The van der Waals surface area contributed by atoms with Gasteiger partial charge in [-0.25, -0.2) is 19.9 Å². The Kier molecular flexibility index (Phi) is 7.92. The first-order valence-electron chi connectivity index (χ1n) is 10.3. The largest absolute Gasteiger partial charge is 1.00 e. The minimum atomic E-state index is 0. The second-order valence-electron chi connectivity index (χ2n) is 7.77. The van der Waals surface area contributed by atoms with Crippen molar-refractivity contribution in [2.45, 2.75) is 13.8 Å². The Morgan fingerprint density at radius 2 is 1.76 bits per heavy atom. The van der Waals surface area contributed by atoms with Gasteiger partial charge in [-0.2, -0.15) is 0 Å². The maximum Gasteiger partial charge on any atom is 0.222 e. The summed E-state index contributed by atoms with van der Waals surface area (Å²) in [6.07, 6.45) is 6.56. The molecule has 0 aliphatic carbocycles. The van der Waals surface area contributed by atoms with Crippen LogP contribution >= 0.6 is 0 Å². The zero-order valence-electron chi connectivity index (χ0n) is 19.0. The number of nitrogens with one attached hydrogen (secondary N) is 2. The van der Waals surface area contributed by atoms with Gasteiger partial charge in [0.15, 0.2) is 0 Å². The predicted molar refractivity (Wildman–Crippen MR) is 122 cm³/mol. The third kappa shape index (κ3) is 6.24. The maximum atomic E-state index is 6.05. The van der Waals surface area contributed by atoms with E-state index in [1.165, 1.54) is 11.2 Å². The summed E-state index contributed by atoms with van der Waals surface area (Å²) in [7, 11) is 4.18. The topological polar surface area (TPSA) is 99.4 Å². The van der Waals surface area contributed by atoms with Gasteiger partial charge in [0.1, 0.15) is 42.6 Å². The molecule has 3 aromatic heterocycles. The molecule has 4 rings (SSSR count). The van der Waals surface area contributed by atoms with Gasteiger partial charge in [-0.1, -0.05) is 0 Å². The summed E-state index contributed by atoms with van der Waals surface area (Å²) in [5.74, 6) is 3.10. The van der Waals surface area contributed by atoms with E-state index in [0.717, 1.165) is 34.5 Å². The van der Waals surface area contributed by atoms with E-state index in [9.17, 15) is 0 Å². The Hall–Kier alpha value is -3.56. The molecule has 0 saturated carbocycles. The molecule has 0 unspecified atom stereocenters. The Morgan fingerprint density at radius 1 is 0.909 bits per heavy atom. The number of hydrogen-bond acceptors (Lipinski definition) is 8. The van der Waals surface area contributed by atoms with Crippen molar-refractivity contribution in [3.8, 4) is 17.4 Å². The lowest BCUT2D eigenvalue weighted by Gasteiger charge is -2.12. The number of aromatic nitrogens is 5. The molecule has 172 valence electrons. The van der Waals surface area contributed by atoms with Crippen LogP contribution in [0.5, 0.6) is 17.4 Å². The number of pyridine rings is 1. The highest BCUT2D eigenvalue weighted by molar-refractivity contribution is 5.91. The molecule has 0 aliphatic rings. The van der Waals surface area contributed by atoms with Gasteiger partial charge in [0.2, 0.25) is 5.88 Å². The summed E-state index contributed by atoms with van der Waals surface area (Å²) < 4.78 is 11.8. The summed E-state index contributed by atoms with van der Waals surface area (Å²) in [6, 6.07) is 7.55. The molecule has 0 atom stereocenters. The van der Waals surface area contributed by atoms with Crippen molar-refractivity contribution in [2.24, 2.45) is 0 Å². The van der Waals surface area contributed by atoms with Gasteiger partial charge in [-0.3, -0.25) is 4.98 Å². The van der Waals surface area contributed by atoms with E-state index in [1.54, 1.807) is 18.6 Å². The Balaban J connectivity index is 0.00000306. The normalized spacial score (nSPS) is 10.7. The average molecular weight is 468 g/mol. The predicted octanol–water partition coefficient (Wildman–Crippen LogP) is -0.505. The lowest BCUT2D eigenvalue weighted by atomic mass is 10.2. The Bertz CT molecular complexity index is 1220. The van der Waals surface area contributed by atoms with Crippen LogP contribution in [0.1, 0.15) is 11.3 Å². The first-order valence-corrected chi connectivity index (χ1v) is 10.3. The number of quaternary nitrogens is 1. The molecule has 0 radical (unpaired) electrons. The molecule has 1 aromatic carbocycles. The molecule has 0 bridgehead atoms. The van der Waals surface area contributed by atoms with Crippen LogP contribution in [0.3, 0.4) is 0 Å². The summed E-state index contributed by atoms with van der Waals surface area (Å²) in [6.45, 7) is 5.38. The van der Waals surface area contributed by atoms with Crippen LogP contribution in [0.4, 0.5) is 11.6 Å². The van der Waals surface area contributed by atoms with Crippen molar-refractivity contribution >= 4 is 22.5 Å². The highest BCUT2D eigenvalue weighted by Crippen LogP contribution is 2.30. The van der Waals surface area contributed by atoms with E-state index in [0.29, 0.717) is 29.9 Å². The van der Waals surface area contributed by atoms with E-state index in [4.69, 9.17) is 9.47 Å². The van der Waals surface area contributed by atoms with Crippen LogP contribution in [0.15, 0.2) is 49.2 Å². The molecule has 0 spiro atoms. The van der Waals surface area contributed by atoms with Crippen LogP contribution in [0.25, 0.3) is 10.9 Å². The van der Waals surface area contributed by atoms with Crippen LogP contribution < -0.4 is 32.1 Å². The molecule has 0 amide bonds. The third-order valence-corrected chi connectivity index (χ3v) is 4.72. The summed E-state index contributed by atoms with van der Waals surface area (Å²) in [4.78, 5) is 23.1. The number of hydrogen-bond donors (Lipinski definition) is 2. The Morgan fingerprint density at radius 3 is 2.48 bits per heavy atom. The van der Waals surface area contributed by atoms with Crippen molar-refractivity contribution in [2.75, 3.05) is 32.6 Å². The van der Waals surface area contributed by atoms with Crippen molar-refractivity contribution < 1.29 is 26.8 Å². The molecule has 0 saturated heterocycles. The molecule has 3 heterocycles. The highest BCUT2D eigenvalue weighted by atomic mass is 35.5. The van der Waals surface area contributed by atoms with E-state index in [-0.39, 0.29) is 12.4 Å². The number of ether oxygens (including phenoxy) is 2. The maximum absolute atomic E-state index is 6.05. The van der Waals surface area contributed by atoms with Crippen LogP contribution in [0, 0.1) is 13.8 Å². The van der Waals surface area contributed by atoms with Crippen molar-refractivity contribution in [3.63, 3.8) is 0 Å². The molecule has 0 fully saturated rings. The van der Waals surface area contributed by atoms with Gasteiger partial charge in [-0.15, -0.1) is 0 Å². The second kappa shape index (κ2) is 10.8. The number of rotatable bonds is 8. The van der Waals surface area contributed by atoms with Crippen LogP contribution in [0.2, 0.25) is 0 Å². The number of fused-ring (bicyclic) bond motifs is 1. The first kappa shape index (κ1) is 24.1. The average Bonchev–Trinajstić information content (AvgIpc) is 2.77. The quantitative estimate of drug-likeness (QED) is 0.357. The minimum Gasteiger partial charge on any atom is -1.00 e. The molecule has 4 aromatic rings. The minimum absolute atomic E-state index is 0. The van der Waals surface area contributed by atoms with Crippen molar-refractivity contribution in [1.82, 2.24) is 24.9 Å². The van der Waals surface area contributed by atoms with Gasteiger partial charge in [0.25, 0.3) is 0 Å². The molecule has 33 heavy (non-hydrogen) atoms. The molecule has 10 heteroatoms. The van der Waals surface area contributed by atoms with E-state index >= 15 is 0 Å². The van der Waals surface area contributed by atoms with E-state index < -0.39 is 0 Å². The van der Waals surface area contributed by atoms with Gasteiger partial charge < -0.3 is 32.1 Å². The third-order valence-electron chi connectivity index (χ3n) is 4.72. The molecule has 0 aliphatic heterocycles. The lowest BCUT2D eigenvalue weighted by Crippen LogP contribution is -3.06. The van der Waals surface area contributed by atoms with Gasteiger partial charge in [0.05, 0.1) is 43.9 Å². The lowest BCUT2D eigenvalue weighted by molar-refractivity contribution is -0.858. The summed E-state index contributed by atoms with van der Waals surface area (Å²) >= 11 is 0. The monoisotopic (exact) mass is 467 g/mol. The summed E-state index contributed by atoms with van der Waals surface area (Å²) in [5, 5.41) is 4.00. The Labute approximate surface area is 198 Å². The first-order chi connectivity index (χ1) is 15.5. The SMILES string of the molecule is Cc1cnc(Nc2ncnc3ccc(Oc4ncc(OCC[NH+](C)C)cc4C)cc23)cn1.[Cl-]. The van der Waals surface area contributed by atoms with E-state index in [1.807, 2.05) is 38.1 Å². The highest BCUT2D eigenvalue weighted by Gasteiger charge is 2.10. The van der Waals surface area contributed by atoms with E-state index in [2.05, 4.69) is 44.3 Å². The molecular formula is C23H26ClN7O2. The van der Waals surface area contributed by atoms with Crippen LogP contribution in [-0.4, -0.2) is 52.2 Å². The van der Waals surface area contributed by atoms with Gasteiger partial charge in [0, 0.05) is 10.9 Å². The number of halogens is 1. The second-order valence-corrected chi connectivity index (χ2v) is 7.77. The number of nitrogens with zero attached hydrogens (tertiary/aromatic N) is 5. The number of anilines is 2. The number of likely N-dealkylation sites (N-methyl/N-ethyl adjacent to an activating group) is 1. The fourth-order valence-corrected chi connectivity index (χ4v) is 2.98. The number of aryl methyl sites for hydroxylation is 2. The summed E-state index contributed by atoms with van der Waals surface area (Å²) in [5.41, 5.74) is 2.51. The molecular weight excluding hydrogens is 442 g/mol. The molecule has 9 nitrogen and oxygen atoms in total. The van der Waals surface area contributed by atoms with Crippen molar-refractivity contribution in [3.05, 3.63) is 60.4 Å². The smallest absolute Gasteiger partial charge is 0.222 e. The van der Waals surface area contributed by atoms with Gasteiger partial charge in [-0.05, 0) is 38.1 Å². The fraction of sp³-hybridized carbons (Fsp3) is 0.261. The zero-order chi connectivity index (χ0) is 22.5. The zero-order valence-corrected chi connectivity index (χ0v) is 19.7. The van der Waals surface area contributed by atoms with Crippen molar-refractivity contribution in [1.29, 1.82) is 0 Å².